The number of aliphatic hydroxyl groups excluding tert-OH is 1. The Morgan fingerprint density at radius 3 is 2.28 bits per heavy atom. The van der Waals surface area contributed by atoms with Crippen LogP contribution in [0.3, 0.4) is 0 Å². The number of phenols is 1. The van der Waals surface area contributed by atoms with Gasteiger partial charge in [0, 0.05) is 11.5 Å². The van der Waals surface area contributed by atoms with Crippen molar-refractivity contribution in [1.82, 2.24) is 4.90 Å². The van der Waals surface area contributed by atoms with Gasteiger partial charge < -0.3 is 21.1 Å². The van der Waals surface area contributed by atoms with Gasteiger partial charge >= 0.3 is 0 Å². The molecule has 0 spiro atoms. The van der Waals surface area contributed by atoms with E-state index in [-0.39, 0.29) is 11.3 Å². The highest BCUT2D eigenvalue weighted by Crippen LogP contribution is 2.55. The Morgan fingerprint density at radius 2 is 1.70 bits per heavy atom. The number of carbonyl (C=O) groups is 5. The normalized spacial score (nSPS) is 34.0. The van der Waals surface area contributed by atoms with Crippen LogP contribution < -0.4 is 5.73 Å². The molecule has 5 N–H and O–H groups in total. The SMILES string of the molecule is C[C@@H]1c2ccc(C(C)(C)CCCC3C=CC=C3)c(O)c2C(=O)C2C(=O)[C@@]3(O)C(=O)C(C(N)=O)C(=O)[C@H](N(C)C)[C@H]3[C@H](O)[C@H]21. The van der Waals surface area contributed by atoms with Crippen LogP contribution in [0.25, 0.3) is 0 Å². The van der Waals surface area contributed by atoms with E-state index in [1.54, 1.807) is 19.1 Å². The fourth-order valence-electron chi connectivity index (χ4n) is 8.12. The van der Waals surface area contributed by atoms with Crippen molar-refractivity contribution in [1.29, 1.82) is 0 Å². The molecular formula is C33H40N2O8. The van der Waals surface area contributed by atoms with Crippen molar-refractivity contribution < 1.29 is 39.3 Å². The molecule has 1 aromatic carbocycles. The summed E-state index contributed by atoms with van der Waals surface area (Å²) in [5.74, 6) is -12.7. The van der Waals surface area contributed by atoms with Crippen LogP contribution in [-0.2, 0) is 24.6 Å². The molecule has 2 saturated carbocycles. The summed E-state index contributed by atoms with van der Waals surface area (Å²) < 4.78 is 0. The average Bonchev–Trinajstić information content (AvgIpc) is 3.43. The van der Waals surface area contributed by atoms with Crippen LogP contribution in [0.2, 0.25) is 0 Å². The number of Topliss-reactive ketones (excluding diaryl/α,β-unsaturated/α-hetero) is 4. The van der Waals surface area contributed by atoms with Crippen molar-refractivity contribution in [3.8, 4) is 5.75 Å². The summed E-state index contributed by atoms with van der Waals surface area (Å²) >= 11 is 0. The number of primary amides is 1. The molecule has 0 aromatic heterocycles. The van der Waals surface area contributed by atoms with Gasteiger partial charge in [-0.15, -0.1) is 0 Å². The Labute approximate surface area is 250 Å². The van der Waals surface area contributed by atoms with Crippen molar-refractivity contribution in [2.24, 2.45) is 35.3 Å². The summed E-state index contributed by atoms with van der Waals surface area (Å²) in [4.78, 5) is 68.7. The number of hydrogen-bond donors (Lipinski definition) is 4. The van der Waals surface area contributed by atoms with E-state index >= 15 is 0 Å². The van der Waals surface area contributed by atoms with Gasteiger partial charge in [0.05, 0.1) is 29.5 Å². The standard InChI is InChI=1S/C33H40N2O8/c1-15-17-12-13-18(32(2,3)14-8-11-16-9-6-7-10-16)25(36)20(17)26(37)21-19(15)27(38)23-24(35(4)5)28(39)22(31(34)42)30(41)33(23,43)29(21)40/h6-7,9-10,12-13,15-16,19,21-24,27,36,38,43H,8,11,14H2,1-5H3,(H2,34,42)/t15-,19+,21?,22?,23+,24-,27-,33-/m1/s1. The van der Waals surface area contributed by atoms with E-state index in [0.29, 0.717) is 17.0 Å². The minimum Gasteiger partial charge on any atom is -0.507 e. The maximum atomic E-state index is 14.2. The van der Waals surface area contributed by atoms with E-state index in [0.717, 1.165) is 19.3 Å². The van der Waals surface area contributed by atoms with Crippen LogP contribution in [0.4, 0.5) is 0 Å². The first kappa shape index (κ1) is 31.0. The summed E-state index contributed by atoms with van der Waals surface area (Å²) in [7, 11) is 2.93. The number of rotatable bonds is 7. The van der Waals surface area contributed by atoms with Gasteiger partial charge in [-0.1, -0.05) is 63.6 Å². The topological polar surface area (TPSA) is 175 Å². The maximum absolute atomic E-state index is 14.2. The summed E-state index contributed by atoms with van der Waals surface area (Å²) in [6.45, 7) is 5.65. The lowest BCUT2D eigenvalue weighted by molar-refractivity contribution is -0.196. The monoisotopic (exact) mass is 592 g/mol. The molecule has 8 atom stereocenters. The Balaban J connectivity index is 1.56. The molecule has 1 aromatic rings. The number of allylic oxidation sites excluding steroid dienone is 4. The molecule has 0 saturated heterocycles. The molecule has 0 heterocycles. The van der Waals surface area contributed by atoms with Gasteiger partial charge in [-0.2, -0.15) is 0 Å². The van der Waals surface area contributed by atoms with Crippen LogP contribution in [0.15, 0.2) is 36.4 Å². The second-order valence-corrected chi connectivity index (χ2v) is 13.5. The number of ketones is 4. The van der Waals surface area contributed by atoms with E-state index in [2.05, 4.69) is 12.2 Å². The van der Waals surface area contributed by atoms with E-state index in [1.165, 1.54) is 19.0 Å². The molecule has 230 valence electrons. The molecule has 4 aliphatic carbocycles. The van der Waals surface area contributed by atoms with E-state index in [9.17, 15) is 39.3 Å². The number of nitrogens with zero attached hydrogens (tertiary/aromatic N) is 1. The molecule has 10 heteroatoms. The third-order valence-electron chi connectivity index (χ3n) is 10.4. The zero-order valence-electron chi connectivity index (χ0n) is 25.1. The summed E-state index contributed by atoms with van der Waals surface area (Å²) in [5, 5.41) is 35.1. The Morgan fingerprint density at radius 1 is 1.07 bits per heavy atom. The quantitative estimate of drug-likeness (QED) is 0.343. The van der Waals surface area contributed by atoms with Gasteiger partial charge in [0.1, 0.15) is 5.75 Å². The zero-order valence-corrected chi connectivity index (χ0v) is 25.1. The van der Waals surface area contributed by atoms with Crippen molar-refractivity contribution in [3.05, 3.63) is 53.1 Å². The zero-order chi connectivity index (χ0) is 31.8. The first-order valence-electron chi connectivity index (χ1n) is 14.8. The number of fused-ring (bicyclic) bond motifs is 3. The Kier molecular flexibility index (Phi) is 7.64. The molecular weight excluding hydrogens is 552 g/mol. The number of likely N-dealkylation sites (N-methyl/N-ethyl adjacent to an activating group) is 1. The minimum absolute atomic E-state index is 0.0708. The number of nitrogens with two attached hydrogens (primary N) is 1. The predicted octanol–water partition coefficient (Wildman–Crippen LogP) is 1.59. The molecule has 0 aliphatic heterocycles. The first-order chi connectivity index (χ1) is 20.1. The molecule has 2 fully saturated rings. The minimum atomic E-state index is -3.01. The second-order valence-electron chi connectivity index (χ2n) is 13.5. The van der Waals surface area contributed by atoms with Crippen molar-refractivity contribution >= 4 is 29.0 Å². The van der Waals surface area contributed by atoms with Gasteiger partial charge in [-0.05, 0) is 49.8 Å². The van der Waals surface area contributed by atoms with E-state index in [4.69, 9.17) is 5.73 Å². The van der Waals surface area contributed by atoms with Crippen LogP contribution in [-0.4, -0.2) is 81.1 Å². The predicted molar refractivity (Wildman–Crippen MR) is 156 cm³/mol. The lowest BCUT2D eigenvalue weighted by Crippen LogP contribution is -2.77. The molecule has 0 bridgehead atoms. The summed E-state index contributed by atoms with van der Waals surface area (Å²) in [6.07, 6.45) is 9.17. The number of phenolic OH excluding ortho intramolecular Hbond substituents is 1. The number of aliphatic hydroxyl groups is 2. The second kappa shape index (κ2) is 10.6. The molecule has 43 heavy (non-hydrogen) atoms. The number of benzene rings is 1. The third kappa shape index (κ3) is 4.45. The van der Waals surface area contributed by atoms with Crippen molar-refractivity contribution in [2.45, 2.75) is 69.1 Å². The fourth-order valence-corrected chi connectivity index (χ4v) is 8.12. The van der Waals surface area contributed by atoms with Crippen molar-refractivity contribution in [2.75, 3.05) is 14.1 Å². The number of carbonyl (C=O) groups excluding carboxylic acids is 5. The molecule has 10 nitrogen and oxygen atoms in total. The fraction of sp³-hybridized carbons (Fsp3) is 0.545. The third-order valence-corrected chi connectivity index (χ3v) is 10.4. The van der Waals surface area contributed by atoms with Gasteiger partial charge in [0.25, 0.3) is 0 Å². The molecule has 0 radical (unpaired) electrons. The molecule has 4 aliphatic rings. The van der Waals surface area contributed by atoms with E-state index < -0.39 is 81.8 Å². The van der Waals surface area contributed by atoms with Crippen molar-refractivity contribution in [3.63, 3.8) is 0 Å². The van der Waals surface area contributed by atoms with Gasteiger partial charge in [-0.3, -0.25) is 28.9 Å². The summed E-state index contributed by atoms with van der Waals surface area (Å²) in [5.41, 5.74) is 2.73. The van der Waals surface area contributed by atoms with Crippen LogP contribution >= 0.6 is 0 Å². The largest absolute Gasteiger partial charge is 0.507 e. The lowest BCUT2D eigenvalue weighted by Gasteiger charge is -2.56. The summed E-state index contributed by atoms with van der Waals surface area (Å²) in [6, 6.07) is 2.11. The molecule has 1 amide bonds. The maximum Gasteiger partial charge on any atom is 0.235 e. The van der Waals surface area contributed by atoms with Gasteiger partial charge in [-0.25, -0.2) is 0 Å². The Hall–Kier alpha value is -3.47. The molecule has 5 rings (SSSR count). The Bertz CT molecular complexity index is 1460. The van der Waals surface area contributed by atoms with Gasteiger partial charge in [0.2, 0.25) is 5.91 Å². The number of hydrogen-bond acceptors (Lipinski definition) is 9. The van der Waals surface area contributed by atoms with Crippen LogP contribution in [0, 0.1) is 29.6 Å². The van der Waals surface area contributed by atoms with Crippen LogP contribution in [0.1, 0.15) is 67.4 Å². The highest BCUT2D eigenvalue weighted by atomic mass is 16.3. The smallest absolute Gasteiger partial charge is 0.235 e. The number of amides is 1. The first-order valence-corrected chi connectivity index (χ1v) is 14.8. The van der Waals surface area contributed by atoms with Crippen LogP contribution in [0.5, 0.6) is 5.75 Å². The molecule has 2 unspecified atom stereocenters. The van der Waals surface area contributed by atoms with E-state index in [1.807, 2.05) is 26.0 Å². The highest BCUT2D eigenvalue weighted by molar-refractivity contribution is 6.32. The number of aromatic hydroxyl groups is 1. The van der Waals surface area contributed by atoms with Gasteiger partial charge in [0.15, 0.2) is 34.7 Å². The lowest BCUT2D eigenvalue weighted by atomic mass is 9.49. The highest BCUT2D eigenvalue weighted by Gasteiger charge is 2.72. The average molecular weight is 593 g/mol.